The molecule has 0 aliphatic carbocycles. The summed E-state index contributed by atoms with van der Waals surface area (Å²) in [6.45, 7) is 4.74. The second kappa shape index (κ2) is 8.21. The van der Waals surface area contributed by atoms with Gasteiger partial charge in [-0.15, -0.1) is 0 Å². The van der Waals surface area contributed by atoms with Crippen molar-refractivity contribution in [3.63, 3.8) is 0 Å². The van der Waals surface area contributed by atoms with Crippen molar-refractivity contribution in [2.45, 2.75) is 32.4 Å². The Bertz CT molecular complexity index is 1060. The van der Waals surface area contributed by atoms with E-state index in [4.69, 9.17) is 10.00 Å². The van der Waals surface area contributed by atoms with Crippen molar-refractivity contribution in [2.75, 3.05) is 10.2 Å². The maximum absolute atomic E-state index is 13.1. The minimum atomic E-state index is -1.15. The number of nitriles is 1. The first kappa shape index (κ1) is 20.8. The van der Waals surface area contributed by atoms with Crippen LogP contribution in [0.25, 0.3) is 6.08 Å². The summed E-state index contributed by atoms with van der Waals surface area (Å²) in [7, 11) is 0. The van der Waals surface area contributed by atoms with Gasteiger partial charge in [0, 0.05) is 6.08 Å². The lowest BCUT2D eigenvalue weighted by Crippen LogP contribution is -2.60. The predicted octanol–water partition coefficient (Wildman–Crippen LogP) is 3.27. The number of anilines is 2. The van der Waals surface area contributed by atoms with E-state index in [9.17, 15) is 14.4 Å². The second-order valence-corrected chi connectivity index (χ2v) is 7.35. The highest BCUT2D eigenvalue weighted by Crippen LogP contribution is 2.37. The standard InChI is InChI=1S/C23H21N3O4/c1-15(30-20(27)13-12-16-8-10-17(14-24)11-9-16)21(28)26-19-7-5-4-6-18(19)25-22(29)23(26,2)3/h4-13,15H,1-3H3,(H,25,29)/b13-12+/t15-/m1/s1. The molecule has 2 aromatic carbocycles. The molecule has 0 radical (unpaired) electrons. The van der Waals surface area contributed by atoms with Crippen LogP contribution >= 0.6 is 0 Å². The molecule has 1 atom stereocenters. The molecular weight excluding hydrogens is 382 g/mol. The maximum atomic E-state index is 13.1. The minimum absolute atomic E-state index is 0.325. The van der Waals surface area contributed by atoms with Crippen LogP contribution in [0, 0.1) is 11.3 Å². The van der Waals surface area contributed by atoms with Crippen LogP contribution in [0.15, 0.2) is 54.6 Å². The van der Waals surface area contributed by atoms with E-state index < -0.39 is 23.5 Å². The molecule has 0 bridgehead atoms. The number of benzene rings is 2. The molecule has 0 fully saturated rings. The van der Waals surface area contributed by atoms with Gasteiger partial charge in [-0.2, -0.15) is 5.26 Å². The van der Waals surface area contributed by atoms with Crippen LogP contribution in [0.2, 0.25) is 0 Å². The first-order chi connectivity index (χ1) is 14.2. The Morgan fingerprint density at radius 2 is 1.83 bits per heavy atom. The fraction of sp³-hybridized carbons (Fsp3) is 0.217. The molecule has 0 saturated carbocycles. The van der Waals surface area contributed by atoms with E-state index in [1.54, 1.807) is 62.4 Å². The quantitative estimate of drug-likeness (QED) is 0.624. The molecule has 1 heterocycles. The summed E-state index contributed by atoms with van der Waals surface area (Å²) in [6, 6.07) is 15.7. The molecule has 3 rings (SSSR count). The van der Waals surface area contributed by atoms with Gasteiger partial charge in [0.2, 0.25) is 5.91 Å². The highest BCUT2D eigenvalue weighted by Gasteiger charge is 2.45. The molecule has 30 heavy (non-hydrogen) atoms. The maximum Gasteiger partial charge on any atom is 0.331 e. The SMILES string of the molecule is C[C@@H](OC(=O)/C=C/c1ccc(C#N)cc1)C(=O)N1c2ccccc2NC(=O)C1(C)C. The first-order valence-electron chi connectivity index (χ1n) is 9.37. The summed E-state index contributed by atoms with van der Waals surface area (Å²) in [5.41, 5.74) is 1.15. The van der Waals surface area contributed by atoms with Gasteiger partial charge in [0.05, 0.1) is 23.0 Å². The Morgan fingerprint density at radius 1 is 1.17 bits per heavy atom. The van der Waals surface area contributed by atoms with Gasteiger partial charge >= 0.3 is 5.97 Å². The molecule has 1 aliphatic heterocycles. The number of hydrogen-bond acceptors (Lipinski definition) is 5. The van der Waals surface area contributed by atoms with Crippen LogP contribution in [0.3, 0.4) is 0 Å². The number of fused-ring (bicyclic) bond motifs is 1. The van der Waals surface area contributed by atoms with Gasteiger partial charge in [-0.05, 0) is 56.7 Å². The Labute approximate surface area is 174 Å². The van der Waals surface area contributed by atoms with Crippen LogP contribution in [-0.4, -0.2) is 29.4 Å². The monoisotopic (exact) mass is 403 g/mol. The zero-order valence-electron chi connectivity index (χ0n) is 16.9. The van der Waals surface area contributed by atoms with Gasteiger partial charge in [-0.25, -0.2) is 4.79 Å². The zero-order chi connectivity index (χ0) is 21.9. The van der Waals surface area contributed by atoms with E-state index in [1.165, 1.54) is 24.0 Å². The van der Waals surface area contributed by atoms with Gasteiger partial charge in [0.25, 0.3) is 5.91 Å². The van der Waals surface area contributed by atoms with E-state index in [1.807, 2.05) is 6.07 Å². The van der Waals surface area contributed by atoms with Gasteiger partial charge in [0.1, 0.15) is 5.54 Å². The molecule has 152 valence electrons. The van der Waals surface area contributed by atoms with Gasteiger partial charge in [0.15, 0.2) is 6.10 Å². The predicted molar refractivity (Wildman–Crippen MR) is 112 cm³/mol. The van der Waals surface area contributed by atoms with Gasteiger partial charge in [-0.1, -0.05) is 24.3 Å². The molecular formula is C23H21N3O4. The molecule has 2 aromatic rings. The average molecular weight is 403 g/mol. The second-order valence-electron chi connectivity index (χ2n) is 7.35. The fourth-order valence-corrected chi connectivity index (χ4v) is 3.13. The number of nitrogens with zero attached hydrogens (tertiary/aromatic N) is 2. The number of rotatable bonds is 4. The highest BCUT2D eigenvalue weighted by atomic mass is 16.5. The van der Waals surface area contributed by atoms with Crippen LogP contribution in [0.5, 0.6) is 0 Å². The largest absolute Gasteiger partial charge is 0.449 e. The van der Waals surface area contributed by atoms with Crippen molar-refractivity contribution >= 4 is 35.2 Å². The molecule has 1 aliphatic rings. The Balaban J connectivity index is 1.74. The lowest BCUT2D eigenvalue weighted by Gasteiger charge is -2.42. The van der Waals surface area contributed by atoms with Crippen LogP contribution in [0.4, 0.5) is 11.4 Å². The fourth-order valence-electron chi connectivity index (χ4n) is 3.13. The molecule has 0 saturated heterocycles. The normalized spacial score (nSPS) is 15.7. The van der Waals surface area contributed by atoms with Gasteiger partial charge < -0.3 is 10.1 Å². The lowest BCUT2D eigenvalue weighted by atomic mass is 9.95. The van der Waals surface area contributed by atoms with E-state index in [0.29, 0.717) is 22.5 Å². The number of para-hydroxylation sites is 2. The summed E-state index contributed by atoms with van der Waals surface area (Å²) in [5.74, 6) is -1.51. The number of esters is 1. The average Bonchev–Trinajstić information content (AvgIpc) is 2.73. The van der Waals surface area contributed by atoms with Crippen LogP contribution in [0.1, 0.15) is 31.9 Å². The van der Waals surface area contributed by atoms with Crippen molar-refractivity contribution in [1.82, 2.24) is 0 Å². The molecule has 0 aromatic heterocycles. The van der Waals surface area contributed by atoms with E-state index in [2.05, 4.69) is 5.32 Å². The Morgan fingerprint density at radius 3 is 2.50 bits per heavy atom. The number of hydrogen-bond donors (Lipinski definition) is 1. The number of carbonyl (C=O) groups is 3. The molecule has 0 spiro atoms. The summed E-state index contributed by atoms with van der Waals surface area (Å²) in [6.07, 6.45) is 1.66. The third-order valence-corrected chi connectivity index (χ3v) is 4.82. The van der Waals surface area contributed by atoms with E-state index in [-0.39, 0.29) is 5.91 Å². The van der Waals surface area contributed by atoms with Gasteiger partial charge in [-0.3, -0.25) is 14.5 Å². The molecule has 1 N–H and O–H groups in total. The molecule has 7 heteroatoms. The van der Waals surface area contributed by atoms with E-state index >= 15 is 0 Å². The number of nitrogens with one attached hydrogen (secondary N) is 1. The summed E-state index contributed by atoms with van der Waals surface area (Å²) >= 11 is 0. The highest BCUT2D eigenvalue weighted by molar-refractivity contribution is 6.15. The van der Waals surface area contributed by atoms with E-state index in [0.717, 1.165) is 0 Å². The number of ether oxygens (including phenoxy) is 1. The van der Waals surface area contributed by atoms with Crippen molar-refractivity contribution in [2.24, 2.45) is 0 Å². The van der Waals surface area contributed by atoms with Crippen molar-refractivity contribution < 1.29 is 19.1 Å². The van der Waals surface area contributed by atoms with Crippen molar-refractivity contribution in [3.8, 4) is 6.07 Å². The number of amides is 2. The van der Waals surface area contributed by atoms with Crippen molar-refractivity contribution in [3.05, 3.63) is 65.7 Å². The Hall–Kier alpha value is -3.92. The lowest BCUT2D eigenvalue weighted by molar-refractivity contribution is -0.149. The minimum Gasteiger partial charge on any atom is -0.449 e. The molecule has 0 unspecified atom stereocenters. The Kier molecular flexibility index (Phi) is 5.70. The first-order valence-corrected chi connectivity index (χ1v) is 9.37. The van der Waals surface area contributed by atoms with Crippen LogP contribution < -0.4 is 10.2 Å². The smallest absolute Gasteiger partial charge is 0.331 e. The topological polar surface area (TPSA) is 99.5 Å². The molecule has 7 nitrogen and oxygen atoms in total. The molecule has 2 amide bonds. The van der Waals surface area contributed by atoms with Crippen LogP contribution in [-0.2, 0) is 19.1 Å². The number of carbonyl (C=O) groups excluding carboxylic acids is 3. The summed E-state index contributed by atoms with van der Waals surface area (Å²) in [5, 5.41) is 11.6. The summed E-state index contributed by atoms with van der Waals surface area (Å²) < 4.78 is 5.27. The third-order valence-electron chi connectivity index (χ3n) is 4.82. The zero-order valence-corrected chi connectivity index (χ0v) is 16.9. The summed E-state index contributed by atoms with van der Waals surface area (Å²) in [4.78, 5) is 39.2. The third kappa shape index (κ3) is 4.08. The van der Waals surface area contributed by atoms with Crippen molar-refractivity contribution in [1.29, 1.82) is 5.26 Å².